The molecule has 0 aromatic heterocycles. The quantitative estimate of drug-likeness (QED) is 0.717. The molecule has 0 aliphatic carbocycles. The lowest BCUT2D eigenvalue weighted by molar-refractivity contribution is -0.130. The van der Waals surface area contributed by atoms with Crippen molar-refractivity contribution in [3.63, 3.8) is 0 Å². The Morgan fingerprint density at radius 3 is 2.50 bits per heavy atom. The Labute approximate surface area is 152 Å². The van der Waals surface area contributed by atoms with Crippen molar-refractivity contribution >= 4 is 17.8 Å². The molecular weight excluding hydrogens is 338 g/mol. The molecule has 1 aromatic rings. The molecule has 1 aliphatic heterocycles. The normalized spacial score (nSPS) is 16.9. The molecule has 0 bridgehead atoms. The van der Waals surface area contributed by atoms with Gasteiger partial charge in [0.25, 0.3) is 5.91 Å². The van der Waals surface area contributed by atoms with Crippen LogP contribution in [-0.4, -0.2) is 49.0 Å². The number of methoxy groups -OCH3 is 2. The lowest BCUT2D eigenvalue weighted by atomic mass is 10.1. The predicted octanol–water partition coefficient (Wildman–Crippen LogP) is 1.60. The molecule has 26 heavy (non-hydrogen) atoms. The summed E-state index contributed by atoms with van der Waals surface area (Å²) >= 11 is 0. The summed E-state index contributed by atoms with van der Waals surface area (Å²) < 4.78 is 10.5. The van der Waals surface area contributed by atoms with Gasteiger partial charge >= 0.3 is 6.03 Å². The molecule has 2 N–H and O–H groups in total. The number of nitrogens with one attached hydrogen (secondary N) is 2. The number of rotatable bonds is 7. The number of amides is 4. The van der Waals surface area contributed by atoms with E-state index in [2.05, 4.69) is 10.6 Å². The predicted molar refractivity (Wildman–Crippen MR) is 95.0 cm³/mol. The molecule has 1 atom stereocenters. The average Bonchev–Trinajstić information content (AvgIpc) is 2.79. The first-order chi connectivity index (χ1) is 12.2. The number of hydrogen-bond acceptors (Lipinski definition) is 5. The molecule has 0 saturated carbocycles. The van der Waals surface area contributed by atoms with Gasteiger partial charge in [-0.3, -0.25) is 14.5 Å². The van der Waals surface area contributed by atoms with E-state index >= 15 is 0 Å². The fourth-order valence-electron chi connectivity index (χ4n) is 2.80. The molecule has 1 saturated heterocycles. The zero-order valence-electron chi connectivity index (χ0n) is 15.7. The third-order valence-corrected chi connectivity index (χ3v) is 4.29. The summed E-state index contributed by atoms with van der Waals surface area (Å²) in [5, 5.41) is 5.44. The van der Waals surface area contributed by atoms with Crippen molar-refractivity contribution in [1.29, 1.82) is 0 Å². The van der Waals surface area contributed by atoms with Crippen LogP contribution >= 0.6 is 0 Å². The zero-order chi connectivity index (χ0) is 19.5. The molecular formula is C18H25N3O5. The number of hydrogen-bond donors (Lipinski definition) is 2. The SMILES string of the molecule is COc1ccc(OC)c([C@H](C)NC(=O)CCN2C(=O)NC(C)(C)C2=O)c1. The van der Waals surface area contributed by atoms with Gasteiger partial charge in [-0.05, 0) is 39.0 Å². The van der Waals surface area contributed by atoms with Crippen LogP contribution in [0.15, 0.2) is 18.2 Å². The molecule has 4 amide bonds. The summed E-state index contributed by atoms with van der Waals surface area (Å²) in [5.41, 5.74) is -0.161. The molecule has 1 heterocycles. The van der Waals surface area contributed by atoms with E-state index in [0.29, 0.717) is 11.5 Å². The van der Waals surface area contributed by atoms with Crippen molar-refractivity contribution in [2.75, 3.05) is 20.8 Å². The number of nitrogens with zero attached hydrogens (tertiary/aromatic N) is 1. The van der Waals surface area contributed by atoms with Crippen LogP contribution in [0.25, 0.3) is 0 Å². The van der Waals surface area contributed by atoms with Crippen molar-refractivity contribution in [3.05, 3.63) is 23.8 Å². The second-order valence-corrected chi connectivity index (χ2v) is 6.66. The second kappa shape index (κ2) is 7.63. The Balaban J connectivity index is 1.98. The topological polar surface area (TPSA) is 97.0 Å². The van der Waals surface area contributed by atoms with E-state index < -0.39 is 11.6 Å². The van der Waals surface area contributed by atoms with Crippen molar-refractivity contribution in [1.82, 2.24) is 15.5 Å². The molecule has 2 rings (SSSR count). The van der Waals surface area contributed by atoms with Gasteiger partial charge in [-0.1, -0.05) is 0 Å². The van der Waals surface area contributed by atoms with Gasteiger partial charge in [-0.25, -0.2) is 4.79 Å². The van der Waals surface area contributed by atoms with E-state index in [0.717, 1.165) is 10.5 Å². The number of ether oxygens (including phenoxy) is 2. The third kappa shape index (κ3) is 4.07. The number of imide groups is 1. The largest absolute Gasteiger partial charge is 0.497 e. The van der Waals surface area contributed by atoms with E-state index in [1.54, 1.807) is 46.3 Å². The van der Waals surface area contributed by atoms with Crippen LogP contribution in [0.2, 0.25) is 0 Å². The highest BCUT2D eigenvalue weighted by molar-refractivity contribution is 6.06. The van der Waals surface area contributed by atoms with Crippen molar-refractivity contribution in [2.24, 2.45) is 0 Å². The Kier molecular flexibility index (Phi) is 5.74. The molecule has 8 nitrogen and oxygen atoms in total. The lowest BCUT2D eigenvalue weighted by Gasteiger charge is -2.19. The minimum Gasteiger partial charge on any atom is -0.497 e. The van der Waals surface area contributed by atoms with E-state index in [4.69, 9.17) is 9.47 Å². The monoisotopic (exact) mass is 363 g/mol. The maximum Gasteiger partial charge on any atom is 0.325 e. The van der Waals surface area contributed by atoms with Crippen molar-refractivity contribution < 1.29 is 23.9 Å². The highest BCUT2D eigenvalue weighted by Gasteiger charge is 2.44. The number of benzene rings is 1. The van der Waals surface area contributed by atoms with Gasteiger partial charge in [0, 0.05) is 18.5 Å². The van der Waals surface area contributed by atoms with Gasteiger partial charge < -0.3 is 20.1 Å². The third-order valence-electron chi connectivity index (χ3n) is 4.29. The van der Waals surface area contributed by atoms with E-state index in [1.807, 2.05) is 6.92 Å². The van der Waals surface area contributed by atoms with Gasteiger partial charge in [-0.2, -0.15) is 0 Å². The second-order valence-electron chi connectivity index (χ2n) is 6.66. The van der Waals surface area contributed by atoms with Crippen LogP contribution in [0.3, 0.4) is 0 Å². The van der Waals surface area contributed by atoms with Crippen LogP contribution < -0.4 is 20.1 Å². The van der Waals surface area contributed by atoms with Gasteiger partial charge in [0.1, 0.15) is 17.0 Å². The summed E-state index contributed by atoms with van der Waals surface area (Å²) in [6.07, 6.45) is 0.0197. The maximum atomic E-state index is 12.3. The van der Waals surface area contributed by atoms with Gasteiger partial charge in [0.2, 0.25) is 5.91 Å². The minimum absolute atomic E-state index is 0.0197. The molecule has 1 fully saturated rings. The van der Waals surface area contributed by atoms with Crippen LogP contribution in [-0.2, 0) is 9.59 Å². The number of carbonyl (C=O) groups excluding carboxylic acids is 3. The summed E-state index contributed by atoms with van der Waals surface area (Å²) in [4.78, 5) is 37.3. The standard InChI is InChI=1S/C18H25N3O5/c1-11(13-10-12(25-4)6-7-14(13)26-5)19-15(22)8-9-21-16(23)18(2,3)20-17(21)24/h6-7,10-11H,8-9H2,1-5H3,(H,19,22)(H,20,24)/t11-/m0/s1. The molecule has 0 unspecified atom stereocenters. The van der Waals surface area contributed by atoms with E-state index in [9.17, 15) is 14.4 Å². The smallest absolute Gasteiger partial charge is 0.325 e. The first-order valence-corrected chi connectivity index (χ1v) is 8.35. The van der Waals surface area contributed by atoms with E-state index in [-0.39, 0.29) is 30.8 Å². The van der Waals surface area contributed by atoms with Crippen LogP contribution in [0.1, 0.15) is 38.8 Å². The molecule has 1 aliphatic rings. The highest BCUT2D eigenvalue weighted by Crippen LogP contribution is 2.29. The average molecular weight is 363 g/mol. The van der Waals surface area contributed by atoms with E-state index in [1.165, 1.54) is 0 Å². The number of carbonyl (C=O) groups is 3. The zero-order valence-corrected chi connectivity index (χ0v) is 15.7. The van der Waals surface area contributed by atoms with Crippen LogP contribution in [0.4, 0.5) is 4.79 Å². The van der Waals surface area contributed by atoms with Gasteiger partial charge in [0.15, 0.2) is 0 Å². The summed E-state index contributed by atoms with van der Waals surface area (Å²) in [6, 6.07) is 4.54. The van der Waals surface area contributed by atoms with Crippen LogP contribution in [0, 0.1) is 0 Å². The molecule has 0 radical (unpaired) electrons. The van der Waals surface area contributed by atoms with Crippen molar-refractivity contribution in [3.8, 4) is 11.5 Å². The first-order valence-electron chi connectivity index (χ1n) is 8.35. The molecule has 142 valence electrons. The summed E-state index contributed by atoms with van der Waals surface area (Å²) in [5.74, 6) is 0.684. The molecule has 0 spiro atoms. The summed E-state index contributed by atoms with van der Waals surface area (Å²) in [6.45, 7) is 5.11. The first kappa shape index (κ1) is 19.6. The Hall–Kier alpha value is -2.77. The maximum absolute atomic E-state index is 12.3. The van der Waals surface area contributed by atoms with Gasteiger partial charge in [-0.15, -0.1) is 0 Å². The van der Waals surface area contributed by atoms with Crippen molar-refractivity contribution in [2.45, 2.75) is 38.8 Å². The lowest BCUT2D eigenvalue weighted by Crippen LogP contribution is -2.40. The number of urea groups is 1. The van der Waals surface area contributed by atoms with Gasteiger partial charge in [0.05, 0.1) is 20.3 Å². The Morgan fingerprint density at radius 1 is 1.27 bits per heavy atom. The summed E-state index contributed by atoms with van der Waals surface area (Å²) in [7, 11) is 3.12. The minimum atomic E-state index is -0.936. The van der Waals surface area contributed by atoms with Crippen LogP contribution in [0.5, 0.6) is 11.5 Å². The fourth-order valence-corrected chi connectivity index (χ4v) is 2.80. The Morgan fingerprint density at radius 2 is 1.96 bits per heavy atom. The molecule has 1 aromatic carbocycles. The highest BCUT2D eigenvalue weighted by atomic mass is 16.5. The molecule has 8 heteroatoms. The Bertz CT molecular complexity index is 717. The fraction of sp³-hybridized carbons (Fsp3) is 0.500.